The molecular weight excluding hydrogens is 320 g/mol. The molecule has 5 heteroatoms. The summed E-state index contributed by atoms with van der Waals surface area (Å²) < 4.78 is 5.55. The number of thiophene rings is 1. The van der Waals surface area contributed by atoms with Crippen molar-refractivity contribution in [1.82, 2.24) is 10.2 Å². The van der Waals surface area contributed by atoms with Gasteiger partial charge in [0.2, 0.25) is 0 Å². The van der Waals surface area contributed by atoms with Gasteiger partial charge in [-0.05, 0) is 40.8 Å². The molecule has 0 aliphatic carbocycles. The summed E-state index contributed by atoms with van der Waals surface area (Å²) in [6.45, 7) is 2.77. The zero-order valence-electron chi connectivity index (χ0n) is 14.0. The molecule has 0 radical (unpaired) electrons. The third-order valence-corrected chi connectivity index (χ3v) is 5.49. The van der Waals surface area contributed by atoms with Crippen LogP contribution in [0.1, 0.15) is 24.0 Å². The molecule has 4 nitrogen and oxygen atoms in total. The first-order valence-corrected chi connectivity index (χ1v) is 9.27. The second-order valence-corrected chi connectivity index (χ2v) is 7.19. The van der Waals surface area contributed by atoms with Crippen LogP contribution >= 0.6 is 11.3 Å². The van der Waals surface area contributed by atoms with Crippen LogP contribution < -0.4 is 5.32 Å². The van der Waals surface area contributed by atoms with Crippen molar-refractivity contribution in [3.63, 3.8) is 0 Å². The second kappa shape index (κ2) is 7.81. The predicted octanol–water partition coefficient (Wildman–Crippen LogP) is 3.64. The van der Waals surface area contributed by atoms with Gasteiger partial charge in [-0.1, -0.05) is 30.3 Å². The molecule has 0 spiro atoms. The van der Waals surface area contributed by atoms with Crippen molar-refractivity contribution in [3.8, 4) is 0 Å². The first-order chi connectivity index (χ1) is 11.7. The van der Waals surface area contributed by atoms with Crippen molar-refractivity contribution < 1.29 is 9.53 Å². The van der Waals surface area contributed by atoms with Gasteiger partial charge in [-0.3, -0.25) is 0 Å². The first-order valence-electron chi connectivity index (χ1n) is 8.33. The maximum absolute atomic E-state index is 12.5. The second-order valence-electron chi connectivity index (χ2n) is 6.41. The third-order valence-electron chi connectivity index (χ3n) is 4.76. The highest BCUT2D eigenvalue weighted by atomic mass is 32.1. The van der Waals surface area contributed by atoms with E-state index in [0.29, 0.717) is 13.1 Å². The van der Waals surface area contributed by atoms with Gasteiger partial charge in [-0.25, -0.2) is 4.79 Å². The lowest BCUT2D eigenvalue weighted by Gasteiger charge is -2.38. The van der Waals surface area contributed by atoms with Crippen LogP contribution in [-0.4, -0.2) is 37.7 Å². The summed E-state index contributed by atoms with van der Waals surface area (Å²) in [5.74, 6) is 0. The van der Waals surface area contributed by atoms with Crippen molar-refractivity contribution >= 4 is 17.4 Å². The van der Waals surface area contributed by atoms with Crippen LogP contribution in [0.25, 0.3) is 0 Å². The molecule has 2 amide bonds. The summed E-state index contributed by atoms with van der Waals surface area (Å²) in [6, 6.07) is 12.5. The maximum Gasteiger partial charge on any atom is 0.317 e. The summed E-state index contributed by atoms with van der Waals surface area (Å²) in [7, 11) is 1.84. The molecular formula is C19H24N2O2S. The molecule has 0 saturated carbocycles. The average molecular weight is 344 g/mol. The lowest BCUT2D eigenvalue weighted by molar-refractivity contribution is 0.0502. The zero-order chi connectivity index (χ0) is 16.8. The van der Waals surface area contributed by atoms with E-state index < -0.39 is 0 Å². The fourth-order valence-electron chi connectivity index (χ4n) is 3.23. The maximum atomic E-state index is 12.5. The highest BCUT2D eigenvalue weighted by molar-refractivity contribution is 7.07. The molecule has 2 aromatic rings. The summed E-state index contributed by atoms with van der Waals surface area (Å²) in [5, 5.41) is 7.25. The zero-order valence-corrected chi connectivity index (χ0v) is 14.8. The Morgan fingerprint density at radius 3 is 2.67 bits per heavy atom. The summed E-state index contributed by atoms with van der Waals surface area (Å²) in [6.07, 6.45) is 1.87. The third kappa shape index (κ3) is 3.97. The minimum absolute atomic E-state index is 0.0250. The summed E-state index contributed by atoms with van der Waals surface area (Å²) >= 11 is 1.65. The summed E-state index contributed by atoms with van der Waals surface area (Å²) in [4.78, 5) is 14.2. The minimum atomic E-state index is -0.0294. The molecule has 1 saturated heterocycles. The van der Waals surface area contributed by atoms with Crippen molar-refractivity contribution in [1.29, 1.82) is 0 Å². The molecule has 1 aromatic heterocycles. The van der Waals surface area contributed by atoms with E-state index in [4.69, 9.17) is 4.74 Å². The van der Waals surface area contributed by atoms with Gasteiger partial charge in [-0.15, -0.1) is 0 Å². The number of benzene rings is 1. The molecule has 1 fully saturated rings. The van der Waals surface area contributed by atoms with E-state index in [1.165, 1.54) is 11.1 Å². The molecule has 3 rings (SSSR count). The van der Waals surface area contributed by atoms with Crippen LogP contribution in [0.5, 0.6) is 0 Å². The quantitative estimate of drug-likeness (QED) is 0.900. The van der Waals surface area contributed by atoms with E-state index >= 15 is 0 Å². The molecule has 1 aromatic carbocycles. The van der Waals surface area contributed by atoms with E-state index in [2.05, 4.69) is 41.0 Å². The number of rotatable bonds is 5. The monoisotopic (exact) mass is 344 g/mol. The normalized spacial score (nSPS) is 16.5. The predicted molar refractivity (Wildman–Crippen MR) is 97.4 cm³/mol. The molecule has 2 heterocycles. The standard InChI is InChI=1S/C19H24N2O2S/c1-21(13-16-7-12-24-14-16)18(22)20-15-19(8-10-23-11-9-19)17-5-3-2-4-6-17/h2-7,12,14H,8-11,13,15H2,1H3,(H,20,22). The molecule has 1 aliphatic heterocycles. The van der Waals surface area contributed by atoms with Crippen molar-refractivity contribution in [2.45, 2.75) is 24.8 Å². The van der Waals surface area contributed by atoms with E-state index in [1.54, 1.807) is 16.2 Å². The number of nitrogens with one attached hydrogen (secondary N) is 1. The number of ether oxygens (including phenoxy) is 1. The van der Waals surface area contributed by atoms with Crippen LogP contribution in [0.15, 0.2) is 47.2 Å². The smallest absolute Gasteiger partial charge is 0.317 e. The Bertz CT molecular complexity index is 637. The van der Waals surface area contributed by atoms with Crippen LogP contribution in [-0.2, 0) is 16.7 Å². The van der Waals surface area contributed by atoms with Crippen molar-refractivity contribution in [2.75, 3.05) is 26.8 Å². The number of hydrogen-bond donors (Lipinski definition) is 1. The van der Waals surface area contributed by atoms with Gasteiger partial charge in [0, 0.05) is 38.8 Å². The van der Waals surface area contributed by atoms with Gasteiger partial charge in [0.25, 0.3) is 0 Å². The summed E-state index contributed by atoms with van der Waals surface area (Å²) in [5.41, 5.74) is 2.42. The molecule has 0 bridgehead atoms. The average Bonchev–Trinajstić information content (AvgIpc) is 3.14. The van der Waals surface area contributed by atoms with Crippen LogP contribution in [0.4, 0.5) is 4.79 Å². The Hall–Kier alpha value is -1.85. The van der Waals surface area contributed by atoms with Crippen molar-refractivity contribution in [3.05, 3.63) is 58.3 Å². The van der Waals surface area contributed by atoms with Gasteiger partial charge in [0.05, 0.1) is 0 Å². The van der Waals surface area contributed by atoms with Gasteiger partial charge in [0.15, 0.2) is 0 Å². The minimum Gasteiger partial charge on any atom is -0.381 e. The van der Waals surface area contributed by atoms with Gasteiger partial charge >= 0.3 is 6.03 Å². The Morgan fingerprint density at radius 1 is 1.25 bits per heavy atom. The largest absolute Gasteiger partial charge is 0.381 e. The van der Waals surface area contributed by atoms with Gasteiger partial charge in [0.1, 0.15) is 0 Å². The van der Waals surface area contributed by atoms with E-state index in [9.17, 15) is 4.79 Å². The lowest BCUT2D eigenvalue weighted by atomic mass is 9.74. The van der Waals surface area contributed by atoms with Crippen LogP contribution in [0, 0.1) is 0 Å². The number of nitrogens with zero attached hydrogens (tertiary/aromatic N) is 1. The highest BCUT2D eigenvalue weighted by Crippen LogP contribution is 2.34. The fraction of sp³-hybridized carbons (Fsp3) is 0.421. The molecule has 128 valence electrons. The molecule has 24 heavy (non-hydrogen) atoms. The fourth-order valence-corrected chi connectivity index (χ4v) is 3.89. The van der Waals surface area contributed by atoms with Crippen LogP contribution in [0.2, 0.25) is 0 Å². The Labute approximate surface area is 147 Å². The van der Waals surface area contributed by atoms with Gasteiger partial charge in [-0.2, -0.15) is 11.3 Å². The number of urea groups is 1. The number of amides is 2. The number of carbonyl (C=O) groups excluding carboxylic acids is 1. The highest BCUT2D eigenvalue weighted by Gasteiger charge is 2.34. The van der Waals surface area contributed by atoms with Gasteiger partial charge < -0.3 is 15.0 Å². The Balaban J connectivity index is 1.64. The van der Waals surface area contributed by atoms with E-state index in [1.807, 2.05) is 18.5 Å². The topological polar surface area (TPSA) is 41.6 Å². The van der Waals surface area contributed by atoms with Crippen molar-refractivity contribution in [2.24, 2.45) is 0 Å². The molecule has 1 N–H and O–H groups in total. The van der Waals surface area contributed by atoms with E-state index in [-0.39, 0.29) is 11.4 Å². The Kier molecular flexibility index (Phi) is 5.53. The lowest BCUT2D eigenvalue weighted by Crippen LogP contribution is -2.47. The molecule has 0 unspecified atom stereocenters. The first kappa shape index (κ1) is 17.0. The SMILES string of the molecule is CN(Cc1ccsc1)C(=O)NCC1(c2ccccc2)CCOCC1. The molecule has 0 atom stereocenters. The Morgan fingerprint density at radius 2 is 2.00 bits per heavy atom. The van der Waals surface area contributed by atoms with Crippen LogP contribution in [0.3, 0.4) is 0 Å². The molecule has 1 aliphatic rings. The van der Waals surface area contributed by atoms with E-state index in [0.717, 1.165) is 26.1 Å². The number of hydrogen-bond acceptors (Lipinski definition) is 3. The number of carbonyl (C=O) groups is 1.